The summed E-state index contributed by atoms with van der Waals surface area (Å²) in [5, 5.41) is 4.80. The van der Waals surface area contributed by atoms with Crippen LogP contribution in [0.3, 0.4) is 0 Å². The third-order valence-electron chi connectivity index (χ3n) is 2.81. The van der Waals surface area contributed by atoms with E-state index in [1.165, 1.54) is 28.4 Å². The lowest BCUT2D eigenvalue weighted by molar-refractivity contribution is 0.585. The summed E-state index contributed by atoms with van der Waals surface area (Å²) in [5.41, 5.74) is 1.30. The van der Waals surface area contributed by atoms with E-state index in [4.69, 9.17) is 4.98 Å². The van der Waals surface area contributed by atoms with Crippen molar-refractivity contribution in [2.45, 2.75) is 59.9 Å². The smallest absolute Gasteiger partial charge is 0.0931 e. The molecule has 0 aromatic carbocycles. The normalized spacial score (nSPS) is 11.4. The van der Waals surface area contributed by atoms with Crippen molar-refractivity contribution in [1.82, 2.24) is 10.3 Å². The first kappa shape index (κ1) is 14.7. The van der Waals surface area contributed by atoms with Crippen LogP contribution in [0.25, 0.3) is 0 Å². The van der Waals surface area contributed by atoms with Gasteiger partial charge in [-0.3, -0.25) is 0 Å². The van der Waals surface area contributed by atoms with E-state index in [1.807, 2.05) is 11.3 Å². The molecule has 0 bridgehead atoms. The molecule has 1 aromatic heterocycles. The fourth-order valence-corrected chi connectivity index (χ4v) is 2.89. The zero-order valence-corrected chi connectivity index (χ0v) is 12.5. The highest BCUT2D eigenvalue weighted by Gasteiger charge is 2.09. The van der Waals surface area contributed by atoms with Crippen LogP contribution in [0, 0.1) is 5.92 Å². The van der Waals surface area contributed by atoms with Gasteiger partial charge in [0.2, 0.25) is 0 Å². The molecule has 1 heterocycles. The van der Waals surface area contributed by atoms with Crippen molar-refractivity contribution in [2.24, 2.45) is 5.92 Å². The van der Waals surface area contributed by atoms with Crippen LogP contribution >= 0.6 is 11.3 Å². The minimum Gasteiger partial charge on any atom is -0.312 e. The largest absolute Gasteiger partial charge is 0.312 e. The first-order valence-electron chi connectivity index (χ1n) is 6.85. The molecule has 0 aliphatic rings. The number of aryl methyl sites for hydroxylation is 2. The van der Waals surface area contributed by atoms with E-state index in [2.05, 4.69) is 33.0 Å². The first-order chi connectivity index (χ1) is 8.17. The molecule has 0 aliphatic carbocycles. The molecule has 0 unspecified atom stereocenters. The van der Waals surface area contributed by atoms with Crippen molar-refractivity contribution in [3.8, 4) is 0 Å². The van der Waals surface area contributed by atoms with Gasteiger partial charge < -0.3 is 5.32 Å². The highest BCUT2D eigenvalue weighted by atomic mass is 32.1. The van der Waals surface area contributed by atoms with Gasteiger partial charge in [0.05, 0.1) is 10.7 Å². The van der Waals surface area contributed by atoms with Gasteiger partial charge in [0.15, 0.2) is 0 Å². The summed E-state index contributed by atoms with van der Waals surface area (Å²) in [5.74, 6) is 0.769. The van der Waals surface area contributed by atoms with Gasteiger partial charge in [0, 0.05) is 11.4 Å². The molecule has 0 spiro atoms. The third-order valence-corrected chi connectivity index (χ3v) is 3.96. The summed E-state index contributed by atoms with van der Waals surface area (Å²) >= 11 is 1.90. The predicted octanol–water partition coefficient (Wildman–Crippen LogP) is 3.79. The van der Waals surface area contributed by atoms with Gasteiger partial charge in [-0.25, -0.2) is 4.98 Å². The Morgan fingerprint density at radius 2 is 2.06 bits per heavy atom. The second-order valence-corrected chi connectivity index (χ2v) is 6.11. The van der Waals surface area contributed by atoms with Crippen molar-refractivity contribution < 1.29 is 0 Å². The van der Waals surface area contributed by atoms with Crippen LogP contribution in [0.2, 0.25) is 0 Å². The molecular weight excluding hydrogens is 228 g/mol. The van der Waals surface area contributed by atoms with E-state index in [0.717, 1.165) is 31.8 Å². The lowest BCUT2D eigenvalue weighted by Gasteiger charge is -2.01. The Morgan fingerprint density at radius 3 is 2.65 bits per heavy atom. The van der Waals surface area contributed by atoms with Crippen LogP contribution in [0.4, 0.5) is 0 Å². The SMILES string of the molecule is CCCNCc1sc(CCC(C)C)nc1CC. The van der Waals surface area contributed by atoms with E-state index in [0.29, 0.717) is 0 Å². The number of aromatic nitrogens is 1. The Labute approximate surface area is 110 Å². The molecular formula is C14H26N2S. The fourth-order valence-electron chi connectivity index (χ4n) is 1.75. The number of rotatable bonds is 8. The molecule has 98 valence electrons. The number of hydrogen-bond donors (Lipinski definition) is 1. The van der Waals surface area contributed by atoms with Crippen LogP contribution < -0.4 is 5.32 Å². The van der Waals surface area contributed by atoms with E-state index in [9.17, 15) is 0 Å². The highest BCUT2D eigenvalue weighted by molar-refractivity contribution is 7.11. The van der Waals surface area contributed by atoms with Crippen LogP contribution in [-0.2, 0) is 19.4 Å². The maximum atomic E-state index is 4.76. The Bertz CT molecular complexity index is 318. The third kappa shape index (κ3) is 5.17. The highest BCUT2D eigenvalue weighted by Crippen LogP contribution is 2.21. The molecule has 1 aromatic rings. The first-order valence-corrected chi connectivity index (χ1v) is 7.67. The topological polar surface area (TPSA) is 24.9 Å². The second kappa shape index (κ2) is 7.83. The van der Waals surface area contributed by atoms with Gasteiger partial charge in [-0.2, -0.15) is 0 Å². The number of nitrogens with zero attached hydrogens (tertiary/aromatic N) is 1. The molecule has 3 heteroatoms. The second-order valence-electron chi connectivity index (χ2n) is 4.94. The molecule has 1 rings (SSSR count). The Kier molecular flexibility index (Phi) is 6.75. The van der Waals surface area contributed by atoms with Gasteiger partial charge in [0.1, 0.15) is 0 Å². The van der Waals surface area contributed by atoms with Crippen molar-refractivity contribution in [3.05, 3.63) is 15.6 Å². The minimum absolute atomic E-state index is 0.769. The average Bonchev–Trinajstić information content (AvgIpc) is 2.69. The van der Waals surface area contributed by atoms with Crippen LogP contribution in [0.1, 0.15) is 56.1 Å². The van der Waals surface area contributed by atoms with Crippen LogP contribution in [-0.4, -0.2) is 11.5 Å². The minimum atomic E-state index is 0.769. The summed E-state index contributed by atoms with van der Waals surface area (Å²) in [6.45, 7) is 11.0. The number of nitrogens with one attached hydrogen (secondary N) is 1. The van der Waals surface area contributed by atoms with Gasteiger partial charge in [-0.05, 0) is 38.1 Å². The van der Waals surface area contributed by atoms with E-state index in [1.54, 1.807) is 0 Å². The zero-order valence-electron chi connectivity index (χ0n) is 11.7. The Morgan fingerprint density at radius 1 is 1.29 bits per heavy atom. The van der Waals surface area contributed by atoms with Gasteiger partial charge in [-0.15, -0.1) is 11.3 Å². The molecule has 0 fully saturated rings. The maximum absolute atomic E-state index is 4.76. The quantitative estimate of drug-likeness (QED) is 0.714. The summed E-state index contributed by atoms with van der Waals surface area (Å²) in [6, 6.07) is 0. The zero-order chi connectivity index (χ0) is 12.7. The van der Waals surface area contributed by atoms with Crippen molar-refractivity contribution in [3.63, 3.8) is 0 Å². The predicted molar refractivity (Wildman–Crippen MR) is 76.6 cm³/mol. The van der Waals surface area contributed by atoms with Gasteiger partial charge >= 0.3 is 0 Å². The van der Waals surface area contributed by atoms with E-state index in [-0.39, 0.29) is 0 Å². The van der Waals surface area contributed by atoms with Crippen LogP contribution in [0.5, 0.6) is 0 Å². The van der Waals surface area contributed by atoms with E-state index < -0.39 is 0 Å². The van der Waals surface area contributed by atoms with Crippen LogP contribution in [0.15, 0.2) is 0 Å². The average molecular weight is 254 g/mol. The number of thiazole rings is 1. The molecule has 17 heavy (non-hydrogen) atoms. The van der Waals surface area contributed by atoms with Gasteiger partial charge in [0.25, 0.3) is 0 Å². The molecule has 0 radical (unpaired) electrons. The molecule has 1 N–H and O–H groups in total. The van der Waals surface area contributed by atoms with E-state index >= 15 is 0 Å². The van der Waals surface area contributed by atoms with Crippen molar-refractivity contribution in [2.75, 3.05) is 6.54 Å². The fraction of sp³-hybridized carbons (Fsp3) is 0.786. The number of hydrogen-bond acceptors (Lipinski definition) is 3. The Balaban J connectivity index is 2.56. The summed E-state index contributed by atoms with van der Waals surface area (Å²) in [4.78, 5) is 6.20. The maximum Gasteiger partial charge on any atom is 0.0931 e. The lowest BCUT2D eigenvalue weighted by atomic mass is 10.1. The summed E-state index contributed by atoms with van der Waals surface area (Å²) in [6.07, 6.45) is 4.64. The van der Waals surface area contributed by atoms with Crippen molar-refractivity contribution >= 4 is 11.3 Å². The standard InChI is InChI=1S/C14H26N2S/c1-5-9-15-10-13-12(6-2)16-14(17-13)8-7-11(3)4/h11,15H,5-10H2,1-4H3. The molecule has 0 saturated heterocycles. The molecule has 0 amide bonds. The molecule has 0 atom stereocenters. The summed E-state index contributed by atoms with van der Waals surface area (Å²) < 4.78 is 0. The molecule has 2 nitrogen and oxygen atoms in total. The Hall–Kier alpha value is -0.410. The lowest BCUT2D eigenvalue weighted by Crippen LogP contribution is -2.13. The van der Waals surface area contributed by atoms with Crippen molar-refractivity contribution in [1.29, 1.82) is 0 Å². The summed E-state index contributed by atoms with van der Waals surface area (Å²) in [7, 11) is 0. The van der Waals surface area contributed by atoms with Gasteiger partial charge in [-0.1, -0.05) is 27.7 Å². The monoisotopic (exact) mass is 254 g/mol. The molecule has 0 saturated carbocycles. The molecule has 0 aliphatic heterocycles.